The number of rotatable bonds is 11. The van der Waals surface area contributed by atoms with E-state index in [0.717, 1.165) is 37.7 Å². The SMILES string of the molecule is C=C(C(=O)[C@H](OC(C)=O)[C@@H](C)[C@H]1[C@@H](OC(C)=O)C[C@@]2(C)[C@@H]3CC[C@H]4[C@H](C)C(=O)C=C[C@@]45C[C@@]35CC[C@]12C)[C@@H](C)COS(=O)(=O)c1ccc(C)cc1. The number of fused-ring (bicyclic) bond motifs is 2. The topological polar surface area (TPSA) is 130 Å². The molecule has 1 aromatic rings. The summed E-state index contributed by atoms with van der Waals surface area (Å²) in [6.07, 6.45) is 7.82. The normalized spacial score (nSPS) is 38.2. The van der Waals surface area contributed by atoms with Gasteiger partial charge in [0.05, 0.1) is 11.5 Å². The van der Waals surface area contributed by atoms with Gasteiger partial charge in [-0.3, -0.25) is 23.4 Å². The Balaban J connectivity index is 1.27. The van der Waals surface area contributed by atoms with E-state index in [1.807, 2.05) is 19.9 Å². The molecule has 6 rings (SSSR count). The lowest BCUT2D eigenvalue weighted by molar-refractivity contribution is -0.166. The molecule has 12 atom stereocenters. The molecule has 0 aliphatic heterocycles. The number of esters is 2. The molecule has 0 heterocycles. The van der Waals surface area contributed by atoms with Crippen LogP contribution < -0.4 is 0 Å². The molecule has 1 aromatic carbocycles. The number of allylic oxidation sites excluding steroid dienone is 2. The Morgan fingerprint density at radius 2 is 1.67 bits per heavy atom. The third-order valence-corrected chi connectivity index (χ3v) is 15.9. The highest BCUT2D eigenvalue weighted by atomic mass is 32.2. The van der Waals surface area contributed by atoms with Crippen LogP contribution in [0.5, 0.6) is 0 Å². The molecule has 5 aliphatic carbocycles. The van der Waals surface area contributed by atoms with Gasteiger partial charge >= 0.3 is 11.9 Å². The van der Waals surface area contributed by atoms with Crippen molar-refractivity contribution in [3.8, 4) is 0 Å². The highest BCUT2D eigenvalue weighted by Gasteiger charge is 2.81. The molecular formula is C41H54O9S. The molecule has 278 valence electrons. The van der Waals surface area contributed by atoms with E-state index in [1.165, 1.54) is 26.0 Å². The molecule has 0 amide bonds. The van der Waals surface area contributed by atoms with Gasteiger partial charge in [0.2, 0.25) is 0 Å². The number of aryl methyl sites for hydroxylation is 1. The number of ketones is 2. The first-order valence-electron chi connectivity index (χ1n) is 18.5. The molecule has 51 heavy (non-hydrogen) atoms. The summed E-state index contributed by atoms with van der Waals surface area (Å²) in [5.74, 6) is -2.17. The van der Waals surface area contributed by atoms with E-state index in [4.69, 9.17) is 13.7 Å². The first kappa shape index (κ1) is 37.6. The first-order valence-corrected chi connectivity index (χ1v) is 19.9. The molecule has 0 unspecified atom stereocenters. The zero-order valence-corrected chi connectivity index (χ0v) is 32.1. The molecule has 9 nitrogen and oxygen atoms in total. The molecule has 0 bridgehead atoms. The fourth-order valence-electron chi connectivity index (χ4n) is 11.9. The Morgan fingerprint density at radius 1 is 1.00 bits per heavy atom. The van der Waals surface area contributed by atoms with Gasteiger partial charge in [-0.1, -0.05) is 65.0 Å². The van der Waals surface area contributed by atoms with Crippen LogP contribution in [0.15, 0.2) is 53.5 Å². The second kappa shape index (κ2) is 12.8. The van der Waals surface area contributed by atoms with Crippen molar-refractivity contribution in [3.63, 3.8) is 0 Å². The van der Waals surface area contributed by atoms with Crippen molar-refractivity contribution in [2.24, 2.45) is 57.2 Å². The molecule has 2 spiro atoms. The van der Waals surface area contributed by atoms with E-state index in [9.17, 15) is 27.6 Å². The highest BCUT2D eigenvalue weighted by molar-refractivity contribution is 7.86. The van der Waals surface area contributed by atoms with E-state index < -0.39 is 51.9 Å². The maximum atomic E-state index is 14.3. The summed E-state index contributed by atoms with van der Waals surface area (Å²) in [5.41, 5.74) is 0.495. The fraction of sp³-hybridized carbons (Fsp3) is 0.659. The zero-order chi connectivity index (χ0) is 37.5. The number of carbonyl (C=O) groups excluding carboxylic acids is 4. The van der Waals surface area contributed by atoms with Crippen LogP contribution in [0.4, 0.5) is 0 Å². The Bertz CT molecular complexity index is 1780. The predicted octanol–water partition coefficient (Wildman–Crippen LogP) is 6.97. The monoisotopic (exact) mass is 722 g/mol. The number of carbonyl (C=O) groups is 4. The molecule has 4 saturated carbocycles. The maximum Gasteiger partial charge on any atom is 0.303 e. The van der Waals surface area contributed by atoms with Crippen LogP contribution in [0.2, 0.25) is 0 Å². The van der Waals surface area contributed by atoms with Crippen molar-refractivity contribution < 1.29 is 41.3 Å². The van der Waals surface area contributed by atoms with Crippen LogP contribution in [-0.4, -0.2) is 50.7 Å². The van der Waals surface area contributed by atoms with Gasteiger partial charge < -0.3 is 9.47 Å². The highest BCUT2D eigenvalue weighted by Crippen LogP contribution is 2.87. The summed E-state index contributed by atoms with van der Waals surface area (Å²) < 4.78 is 43.1. The van der Waals surface area contributed by atoms with Crippen molar-refractivity contribution in [2.75, 3.05) is 6.61 Å². The van der Waals surface area contributed by atoms with Crippen molar-refractivity contribution in [1.29, 1.82) is 0 Å². The summed E-state index contributed by atoms with van der Waals surface area (Å²) in [7, 11) is -4.08. The summed E-state index contributed by atoms with van der Waals surface area (Å²) in [6, 6.07) is 6.30. The molecule has 5 aliphatic rings. The lowest BCUT2D eigenvalue weighted by Crippen LogP contribution is -2.56. The summed E-state index contributed by atoms with van der Waals surface area (Å²) in [5, 5.41) is 0. The largest absolute Gasteiger partial charge is 0.462 e. The quantitative estimate of drug-likeness (QED) is 0.135. The summed E-state index contributed by atoms with van der Waals surface area (Å²) in [4.78, 5) is 52.3. The van der Waals surface area contributed by atoms with E-state index in [2.05, 4.69) is 33.4 Å². The fourth-order valence-corrected chi connectivity index (χ4v) is 12.9. The predicted molar refractivity (Wildman–Crippen MR) is 190 cm³/mol. The maximum absolute atomic E-state index is 14.3. The van der Waals surface area contributed by atoms with Crippen LogP contribution in [0.1, 0.15) is 92.6 Å². The minimum atomic E-state index is -4.08. The van der Waals surface area contributed by atoms with Gasteiger partial charge in [-0.25, -0.2) is 0 Å². The van der Waals surface area contributed by atoms with E-state index in [1.54, 1.807) is 19.1 Å². The van der Waals surface area contributed by atoms with Gasteiger partial charge in [0.1, 0.15) is 6.10 Å². The second-order valence-corrected chi connectivity index (χ2v) is 18.7. The van der Waals surface area contributed by atoms with Gasteiger partial charge in [-0.2, -0.15) is 8.42 Å². The number of hydrogen-bond acceptors (Lipinski definition) is 9. The smallest absolute Gasteiger partial charge is 0.303 e. The molecule has 0 aromatic heterocycles. The van der Waals surface area contributed by atoms with Gasteiger partial charge in [0.25, 0.3) is 10.1 Å². The molecule has 0 N–H and O–H groups in total. The van der Waals surface area contributed by atoms with Crippen LogP contribution in [0.3, 0.4) is 0 Å². The van der Waals surface area contributed by atoms with E-state index in [0.29, 0.717) is 18.3 Å². The average Bonchev–Trinajstić information content (AvgIpc) is 3.67. The number of hydrogen-bond donors (Lipinski definition) is 0. The van der Waals surface area contributed by atoms with Crippen molar-refractivity contribution in [3.05, 3.63) is 54.1 Å². The Hall–Kier alpha value is -3.11. The number of ether oxygens (including phenoxy) is 2. The zero-order valence-electron chi connectivity index (χ0n) is 31.3. The van der Waals surface area contributed by atoms with Crippen LogP contribution in [0, 0.1) is 64.1 Å². The number of Topliss-reactive ketones (excluding diaryl/α,β-unsaturated/α-hetero) is 1. The van der Waals surface area contributed by atoms with Crippen molar-refractivity contribution in [2.45, 2.75) is 111 Å². The minimum absolute atomic E-state index is 0.0140. The number of benzene rings is 1. The third kappa shape index (κ3) is 5.78. The van der Waals surface area contributed by atoms with Crippen LogP contribution >= 0.6 is 0 Å². The van der Waals surface area contributed by atoms with Gasteiger partial charge in [-0.05, 0) is 103 Å². The van der Waals surface area contributed by atoms with Crippen molar-refractivity contribution in [1.82, 2.24) is 0 Å². The lowest BCUT2D eigenvalue weighted by atomic mass is 9.43. The molecule has 10 heteroatoms. The van der Waals surface area contributed by atoms with Gasteiger partial charge in [0.15, 0.2) is 17.7 Å². The summed E-state index contributed by atoms with van der Waals surface area (Å²) in [6.45, 7) is 18.5. The van der Waals surface area contributed by atoms with Crippen LogP contribution in [-0.2, 0) is 43.0 Å². The molecule has 0 saturated heterocycles. The standard InChI is InChI=1S/C41H54O9S/c1-23-10-12-30(13-11-23)51(46,47)48-21-24(2)25(3)36(45)37(50-29(7)43)27(5)35-33(49-28(6)42)20-39(9)34-15-14-31-26(4)32(44)16-17-40(31)22-41(34,40)19-18-38(35,39)8/h10-13,16-17,24,26-27,31,33-35,37H,3,14-15,18-22H2,1-2,4-9H3/t24-,26-,27-,31-,33-,34-,35-,37+,38+,39-,40+,41-/m0/s1. The summed E-state index contributed by atoms with van der Waals surface area (Å²) >= 11 is 0. The lowest BCUT2D eigenvalue weighted by Gasteiger charge is -2.61. The van der Waals surface area contributed by atoms with Crippen molar-refractivity contribution >= 4 is 33.6 Å². The van der Waals surface area contributed by atoms with E-state index in [-0.39, 0.29) is 56.4 Å². The van der Waals surface area contributed by atoms with Gasteiger partial charge in [-0.15, -0.1) is 0 Å². The average molecular weight is 723 g/mol. The first-order chi connectivity index (χ1) is 23.7. The Kier molecular flexibility index (Phi) is 9.43. The third-order valence-electron chi connectivity index (χ3n) is 14.6. The minimum Gasteiger partial charge on any atom is -0.462 e. The van der Waals surface area contributed by atoms with Crippen LogP contribution in [0.25, 0.3) is 0 Å². The van der Waals surface area contributed by atoms with Gasteiger partial charge in [0, 0.05) is 37.5 Å². The molecule has 4 fully saturated rings. The molecular weight excluding hydrogens is 669 g/mol. The Labute approximate surface area is 303 Å². The van der Waals surface area contributed by atoms with E-state index >= 15 is 0 Å². The second-order valence-electron chi connectivity index (χ2n) is 17.1. The molecule has 0 radical (unpaired) electrons. The Morgan fingerprint density at radius 3 is 2.29 bits per heavy atom.